The van der Waals surface area contributed by atoms with Crippen LogP contribution >= 0.6 is 15.9 Å². The van der Waals surface area contributed by atoms with Gasteiger partial charge in [-0.1, -0.05) is 6.07 Å². The molecular formula is C21H24BrN3O5S. The van der Waals surface area contributed by atoms with Gasteiger partial charge in [-0.2, -0.15) is 0 Å². The Morgan fingerprint density at radius 1 is 1.26 bits per heavy atom. The second kappa shape index (κ2) is 8.31. The average Bonchev–Trinajstić information content (AvgIpc) is 3.49. The molecule has 0 amide bonds. The molecule has 1 aliphatic rings. The Kier molecular flexibility index (Phi) is 5.87. The van der Waals surface area contributed by atoms with Crippen molar-refractivity contribution in [3.63, 3.8) is 0 Å². The average molecular weight is 510 g/mol. The van der Waals surface area contributed by atoms with Crippen LogP contribution in [0.5, 0.6) is 11.5 Å². The van der Waals surface area contributed by atoms with Crippen LogP contribution in [-0.4, -0.2) is 48.3 Å². The standard InChI is InChI=1S/C21H24BrN3O5S/c1-4-30-19-9-13(5-8-18(19)29-2)17(12-31(3,27)28)25-20-16(10-14(22)11-23-20)24(21(25)26)15-6-7-15/h5,8-11,15,17H,4,6-7,12H2,1-3H3/t17-/m0/s1. The highest BCUT2D eigenvalue weighted by atomic mass is 79.9. The maximum Gasteiger partial charge on any atom is 0.331 e. The van der Waals surface area contributed by atoms with Gasteiger partial charge in [0.15, 0.2) is 17.1 Å². The van der Waals surface area contributed by atoms with Crippen LogP contribution in [0.3, 0.4) is 0 Å². The molecule has 10 heteroatoms. The largest absolute Gasteiger partial charge is 0.493 e. The fraction of sp³-hybridized carbons (Fsp3) is 0.429. The van der Waals surface area contributed by atoms with Crippen LogP contribution in [0.1, 0.15) is 37.4 Å². The summed E-state index contributed by atoms with van der Waals surface area (Å²) < 4.78 is 39.8. The van der Waals surface area contributed by atoms with Gasteiger partial charge in [0, 0.05) is 23.0 Å². The second-order valence-electron chi connectivity index (χ2n) is 7.70. The van der Waals surface area contributed by atoms with E-state index >= 15 is 0 Å². The molecule has 0 unspecified atom stereocenters. The number of rotatable bonds is 8. The fourth-order valence-corrected chi connectivity index (χ4v) is 5.07. The summed E-state index contributed by atoms with van der Waals surface area (Å²) in [7, 11) is -1.88. The Bertz CT molecular complexity index is 1290. The molecule has 3 aromatic rings. The molecule has 1 saturated carbocycles. The lowest BCUT2D eigenvalue weighted by Crippen LogP contribution is -2.31. The van der Waals surface area contributed by atoms with Crippen LogP contribution in [0, 0.1) is 0 Å². The van der Waals surface area contributed by atoms with Gasteiger partial charge in [-0.15, -0.1) is 0 Å². The van der Waals surface area contributed by atoms with Crippen LogP contribution in [0.25, 0.3) is 11.2 Å². The zero-order valence-electron chi connectivity index (χ0n) is 17.5. The van der Waals surface area contributed by atoms with Crippen LogP contribution in [0.2, 0.25) is 0 Å². The van der Waals surface area contributed by atoms with E-state index in [1.807, 2.05) is 13.0 Å². The van der Waals surface area contributed by atoms with Crippen LogP contribution in [-0.2, 0) is 9.84 Å². The maximum absolute atomic E-state index is 13.5. The predicted octanol–water partition coefficient (Wildman–Crippen LogP) is 3.34. The Morgan fingerprint density at radius 3 is 2.61 bits per heavy atom. The lowest BCUT2D eigenvalue weighted by atomic mass is 10.1. The molecule has 0 aliphatic heterocycles. The van der Waals surface area contributed by atoms with Gasteiger partial charge in [0.1, 0.15) is 9.84 Å². The number of sulfone groups is 1. The summed E-state index contributed by atoms with van der Waals surface area (Å²) in [4.78, 5) is 18.0. The molecule has 2 aromatic heterocycles. The van der Waals surface area contributed by atoms with Crippen LogP contribution in [0.15, 0.2) is 39.7 Å². The number of ether oxygens (including phenoxy) is 2. The van der Waals surface area contributed by atoms with Crippen LogP contribution in [0.4, 0.5) is 0 Å². The molecule has 0 radical (unpaired) electrons. The zero-order chi connectivity index (χ0) is 22.3. The topological polar surface area (TPSA) is 92.4 Å². The number of nitrogens with zero attached hydrogens (tertiary/aromatic N) is 3. The van der Waals surface area contributed by atoms with E-state index in [1.54, 1.807) is 36.1 Å². The smallest absolute Gasteiger partial charge is 0.331 e. The van der Waals surface area contributed by atoms with E-state index in [2.05, 4.69) is 20.9 Å². The first-order chi connectivity index (χ1) is 14.7. The van der Waals surface area contributed by atoms with E-state index in [-0.39, 0.29) is 17.5 Å². The number of fused-ring (bicyclic) bond motifs is 1. The second-order valence-corrected chi connectivity index (χ2v) is 10.8. The highest BCUT2D eigenvalue weighted by Gasteiger charge is 2.33. The molecule has 0 saturated heterocycles. The molecule has 1 aliphatic carbocycles. The Labute approximate surface area is 188 Å². The summed E-state index contributed by atoms with van der Waals surface area (Å²) in [6, 6.07) is 6.44. The SMILES string of the molecule is CCOc1cc([C@H](CS(C)(=O)=O)n2c(=O)n(C3CC3)c3cc(Br)cnc32)ccc1OC. The van der Waals surface area contributed by atoms with Crippen molar-refractivity contribution in [1.82, 2.24) is 14.1 Å². The molecule has 4 rings (SSSR count). The molecule has 0 spiro atoms. The van der Waals surface area contributed by atoms with Gasteiger partial charge in [-0.25, -0.2) is 18.2 Å². The van der Waals surface area contributed by atoms with Crippen molar-refractivity contribution in [3.8, 4) is 11.5 Å². The van der Waals surface area contributed by atoms with E-state index in [9.17, 15) is 13.2 Å². The van der Waals surface area contributed by atoms with Crippen molar-refractivity contribution in [1.29, 1.82) is 0 Å². The van der Waals surface area contributed by atoms with Crippen LogP contribution < -0.4 is 15.2 Å². The third kappa shape index (κ3) is 4.36. The van der Waals surface area contributed by atoms with Crippen molar-refractivity contribution >= 4 is 36.9 Å². The van der Waals surface area contributed by atoms with Gasteiger partial charge in [0.05, 0.1) is 31.0 Å². The van der Waals surface area contributed by atoms with E-state index in [0.717, 1.165) is 17.3 Å². The summed E-state index contributed by atoms with van der Waals surface area (Å²) in [5.41, 5.74) is 1.53. The lowest BCUT2D eigenvalue weighted by Gasteiger charge is -2.20. The van der Waals surface area contributed by atoms with Crippen molar-refractivity contribution in [2.24, 2.45) is 0 Å². The molecule has 0 bridgehead atoms. The molecule has 0 N–H and O–H groups in total. The first kappa shape index (κ1) is 21.9. The van der Waals surface area contributed by atoms with Gasteiger partial charge in [-0.3, -0.25) is 9.13 Å². The Hall–Kier alpha value is -2.33. The number of imidazole rings is 1. The molecule has 31 heavy (non-hydrogen) atoms. The van der Waals surface area contributed by atoms with Gasteiger partial charge in [0.2, 0.25) is 0 Å². The van der Waals surface area contributed by atoms with E-state index < -0.39 is 15.9 Å². The molecule has 1 fully saturated rings. The lowest BCUT2D eigenvalue weighted by molar-refractivity contribution is 0.310. The third-order valence-electron chi connectivity index (χ3n) is 5.27. The normalized spacial score (nSPS) is 15.2. The number of pyridine rings is 1. The number of aromatic nitrogens is 3. The van der Waals surface area contributed by atoms with Crippen molar-refractivity contribution in [2.45, 2.75) is 31.8 Å². The number of hydrogen-bond donors (Lipinski definition) is 0. The summed E-state index contributed by atoms with van der Waals surface area (Å²) in [6.07, 6.45) is 4.62. The number of benzene rings is 1. The monoisotopic (exact) mass is 509 g/mol. The molecule has 2 heterocycles. The minimum Gasteiger partial charge on any atom is -0.493 e. The molecule has 166 valence electrons. The summed E-state index contributed by atoms with van der Waals surface area (Å²) in [5.74, 6) is 0.793. The summed E-state index contributed by atoms with van der Waals surface area (Å²) >= 11 is 3.43. The highest BCUT2D eigenvalue weighted by molar-refractivity contribution is 9.10. The molecule has 1 aromatic carbocycles. The molecule has 1 atom stereocenters. The first-order valence-corrected chi connectivity index (χ1v) is 12.8. The quantitative estimate of drug-likeness (QED) is 0.462. The third-order valence-corrected chi connectivity index (χ3v) is 6.63. The molecular weight excluding hydrogens is 486 g/mol. The highest BCUT2D eigenvalue weighted by Crippen LogP contribution is 2.38. The van der Waals surface area contributed by atoms with E-state index in [0.29, 0.717) is 34.8 Å². The van der Waals surface area contributed by atoms with Crippen molar-refractivity contribution in [3.05, 3.63) is 51.0 Å². The summed E-state index contributed by atoms with van der Waals surface area (Å²) in [6.45, 7) is 2.28. The first-order valence-electron chi connectivity index (χ1n) is 10.00. The van der Waals surface area contributed by atoms with E-state index in [4.69, 9.17) is 9.47 Å². The fourth-order valence-electron chi connectivity index (χ4n) is 3.84. The minimum atomic E-state index is -3.43. The molecule has 8 nitrogen and oxygen atoms in total. The van der Waals surface area contributed by atoms with Gasteiger partial charge in [0.25, 0.3) is 0 Å². The number of hydrogen-bond acceptors (Lipinski definition) is 6. The minimum absolute atomic E-state index is 0.112. The Morgan fingerprint density at radius 2 is 2.00 bits per heavy atom. The Balaban J connectivity index is 1.97. The maximum atomic E-state index is 13.5. The zero-order valence-corrected chi connectivity index (χ0v) is 19.9. The van der Waals surface area contributed by atoms with E-state index in [1.165, 1.54) is 10.8 Å². The van der Waals surface area contributed by atoms with Crippen molar-refractivity contribution < 1.29 is 17.9 Å². The van der Waals surface area contributed by atoms with Gasteiger partial charge >= 0.3 is 5.69 Å². The number of halogens is 1. The van der Waals surface area contributed by atoms with Gasteiger partial charge < -0.3 is 9.47 Å². The summed E-state index contributed by atoms with van der Waals surface area (Å²) in [5, 5.41) is 0. The van der Waals surface area contributed by atoms with Gasteiger partial charge in [-0.05, 0) is 59.5 Å². The van der Waals surface area contributed by atoms with Crippen molar-refractivity contribution in [2.75, 3.05) is 25.7 Å². The predicted molar refractivity (Wildman–Crippen MR) is 122 cm³/mol. The number of methoxy groups -OCH3 is 1.